The summed E-state index contributed by atoms with van der Waals surface area (Å²) in [5.41, 5.74) is 0.795. The summed E-state index contributed by atoms with van der Waals surface area (Å²) in [5, 5.41) is 7.81. The highest BCUT2D eigenvalue weighted by molar-refractivity contribution is 7.15. The molecule has 0 aliphatic carbocycles. The van der Waals surface area contributed by atoms with E-state index in [2.05, 4.69) is 35.2 Å². The van der Waals surface area contributed by atoms with Crippen LogP contribution in [0.2, 0.25) is 0 Å². The molecule has 104 valence electrons. The average Bonchev–Trinajstić information content (AvgIpc) is 3.09. The van der Waals surface area contributed by atoms with Crippen molar-refractivity contribution < 1.29 is 9.05 Å². The van der Waals surface area contributed by atoms with Crippen molar-refractivity contribution in [1.29, 1.82) is 0 Å². The van der Waals surface area contributed by atoms with E-state index in [4.69, 9.17) is 9.05 Å². The fraction of sp³-hybridized carbons (Fsp3) is 0.357. The summed E-state index contributed by atoms with van der Waals surface area (Å²) >= 11 is 1.71. The molecule has 3 heterocycles. The molecule has 20 heavy (non-hydrogen) atoms. The van der Waals surface area contributed by atoms with Gasteiger partial charge in [-0.1, -0.05) is 24.2 Å². The molecule has 0 aliphatic rings. The molecule has 5 nitrogen and oxygen atoms in total. The third kappa shape index (κ3) is 2.96. The summed E-state index contributed by atoms with van der Waals surface area (Å²) in [5.74, 6) is 1.84. The third-order valence-electron chi connectivity index (χ3n) is 2.78. The van der Waals surface area contributed by atoms with E-state index in [-0.39, 0.29) is 0 Å². The zero-order valence-corrected chi connectivity index (χ0v) is 12.2. The summed E-state index contributed by atoms with van der Waals surface area (Å²) in [4.78, 5) is 6.75. The van der Waals surface area contributed by atoms with Crippen LogP contribution in [0.1, 0.15) is 30.2 Å². The molecule has 6 heteroatoms. The van der Waals surface area contributed by atoms with Crippen LogP contribution in [-0.2, 0) is 12.8 Å². The molecule has 0 aromatic carbocycles. The van der Waals surface area contributed by atoms with Crippen molar-refractivity contribution in [3.8, 4) is 10.8 Å². The van der Waals surface area contributed by atoms with Crippen LogP contribution in [0.4, 0.5) is 0 Å². The molecule has 0 N–H and O–H groups in total. The van der Waals surface area contributed by atoms with Crippen molar-refractivity contribution >= 4 is 11.3 Å². The molecule has 0 amide bonds. The standard InChI is InChI=1S/C14H15N3O2S/c1-9(2)7-11-3-4-12(20-11)14-15-13(17-19-14)8-10-5-6-18-16-10/h3-6,9H,7-8H2,1-2H3. The highest BCUT2D eigenvalue weighted by atomic mass is 32.1. The average molecular weight is 289 g/mol. The van der Waals surface area contributed by atoms with Crippen molar-refractivity contribution in [2.75, 3.05) is 0 Å². The number of nitrogens with zero attached hydrogens (tertiary/aromatic N) is 3. The topological polar surface area (TPSA) is 65.0 Å². The van der Waals surface area contributed by atoms with Gasteiger partial charge in [-0.05, 0) is 24.5 Å². The zero-order valence-electron chi connectivity index (χ0n) is 11.4. The normalized spacial score (nSPS) is 11.3. The lowest BCUT2D eigenvalue weighted by atomic mass is 10.1. The molecule has 0 unspecified atom stereocenters. The summed E-state index contributed by atoms with van der Waals surface area (Å²) in [6.45, 7) is 4.42. The fourth-order valence-corrected chi connectivity index (χ4v) is 3.06. The second-order valence-corrected chi connectivity index (χ2v) is 6.22. The van der Waals surface area contributed by atoms with Crippen LogP contribution in [0.15, 0.2) is 33.5 Å². The van der Waals surface area contributed by atoms with E-state index in [1.165, 1.54) is 11.1 Å². The van der Waals surface area contributed by atoms with E-state index in [1.807, 2.05) is 6.07 Å². The summed E-state index contributed by atoms with van der Waals surface area (Å²) in [7, 11) is 0. The van der Waals surface area contributed by atoms with Gasteiger partial charge in [0.25, 0.3) is 5.89 Å². The van der Waals surface area contributed by atoms with Crippen molar-refractivity contribution in [2.45, 2.75) is 26.7 Å². The Morgan fingerprint density at radius 2 is 2.10 bits per heavy atom. The Morgan fingerprint density at radius 3 is 2.85 bits per heavy atom. The lowest BCUT2D eigenvalue weighted by molar-refractivity contribution is 0.409. The molecule has 0 spiro atoms. The Hall–Kier alpha value is -1.95. The maximum atomic E-state index is 5.31. The van der Waals surface area contributed by atoms with Crippen LogP contribution >= 0.6 is 11.3 Å². The largest absolute Gasteiger partial charge is 0.364 e. The van der Waals surface area contributed by atoms with Gasteiger partial charge in [0, 0.05) is 10.9 Å². The molecule has 0 saturated heterocycles. The first-order valence-corrected chi connectivity index (χ1v) is 7.33. The SMILES string of the molecule is CC(C)Cc1ccc(-c2nc(Cc3ccon3)no2)s1. The fourth-order valence-electron chi connectivity index (χ4n) is 1.92. The number of rotatable bonds is 5. The number of aromatic nitrogens is 3. The Labute approximate surface area is 120 Å². The first-order valence-electron chi connectivity index (χ1n) is 6.51. The van der Waals surface area contributed by atoms with Gasteiger partial charge >= 0.3 is 0 Å². The predicted molar refractivity (Wildman–Crippen MR) is 75.5 cm³/mol. The Kier molecular flexibility index (Phi) is 3.64. The van der Waals surface area contributed by atoms with Crippen molar-refractivity contribution in [3.05, 3.63) is 40.9 Å². The Morgan fingerprint density at radius 1 is 1.20 bits per heavy atom. The smallest absolute Gasteiger partial charge is 0.268 e. The van der Waals surface area contributed by atoms with E-state index >= 15 is 0 Å². The Balaban J connectivity index is 1.74. The van der Waals surface area contributed by atoms with E-state index < -0.39 is 0 Å². The van der Waals surface area contributed by atoms with Gasteiger partial charge in [-0.15, -0.1) is 11.3 Å². The van der Waals surface area contributed by atoms with E-state index in [9.17, 15) is 0 Å². The van der Waals surface area contributed by atoms with Crippen molar-refractivity contribution in [2.24, 2.45) is 5.92 Å². The molecule has 0 saturated carbocycles. The quantitative estimate of drug-likeness (QED) is 0.718. The van der Waals surface area contributed by atoms with Gasteiger partial charge in [-0.3, -0.25) is 0 Å². The van der Waals surface area contributed by atoms with E-state index in [0.717, 1.165) is 17.0 Å². The van der Waals surface area contributed by atoms with E-state index in [1.54, 1.807) is 17.4 Å². The van der Waals surface area contributed by atoms with Crippen LogP contribution < -0.4 is 0 Å². The molecule has 3 aromatic rings. The molecule has 0 atom stereocenters. The summed E-state index contributed by atoms with van der Waals surface area (Å²) < 4.78 is 10.1. The zero-order chi connectivity index (χ0) is 13.9. The van der Waals surface area contributed by atoms with E-state index in [0.29, 0.717) is 24.1 Å². The first-order chi connectivity index (χ1) is 9.70. The number of thiophene rings is 1. The second kappa shape index (κ2) is 5.58. The first kappa shape index (κ1) is 13.1. The molecule has 0 aliphatic heterocycles. The minimum Gasteiger partial charge on any atom is -0.364 e. The number of hydrogen-bond donors (Lipinski definition) is 0. The summed E-state index contributed by atoms with van der Waals surface area (Å²) in [6, 6.07) is 5.96. The minimum atomic E-state index is 0.518. The highest BCUT2D eigenvalue weighted by Gasteiger charge is 2.13. The maximum Gasteiger partial charge on any atom is 0.268 e. The van der Waals surface area contributed by atoms with Crippen LogP contribution in [0.5, 0.6) is 0 Å². The van der Waals surface area contributed by atoms with Gasteiger partial charge in [0.1, 0.15) is 6.26 Å². The van der Waals surface area contributed by atoms with Crippen molar-refractivity contribution in [1.82, 2.24) is 15.3 Å². The lowest BCUT2D eigenvalue weighted by Crippen LogP contribution is -1.90. The maximum absolute atomic E-state index is 5.31. The minimum absolute atomic E-state index is 0.518. The second-order valence-electron chi connectivity index (χ2n) is 5.05. The highest BCUT2D eigenvalue weighted by Crippen LogP contribution is 2.28. The third-order valence-corrected chi connectivity index (χ3v) is 3.88. The lowest BCUT2D eigenvalue weighted by Gasteiger charge is -1.99. The van der Waals surface area contributed by atoms with Crippen LogP contribution in [-0.4, -0.2) is 15.3 Å². The molecule has 0 radical (unpaired) electrons. The molecule has 3 rings (SSSR count). The van der Waals surface area contributed by atoms with Gasteiger partial charge in [-0.2, -0.15) is 4.98 Å². The molecular weight excluding hydrogens is 274 g/mol. The van der Waals surface area contributed by atoms with Crippen LogP contribution in [0, 0.1) is 5.92 Å². The Bertz CT molecular complexity index is 670. The molecule has 0 fully saturated rings. The number of hydrogen-bond acceptors (Lipinski definition) is 6. The van der Waals surface area contributed by atoms with Gasteiger partial charge in [0.15, 0.2) is 5.82 Å². The monoisotopic (exact) mass is 289 g/mol. The van der Waals surface area contributed by atoms with Crippen LogP contribution in [0.25, 0.3) is 10.8 Å². The van der Waals surface area contributed by atoms with Gasteiger partial charge < -0.3 is 9.05 Å². The summed E-state index contributed by atoms with van der Waals surface area (Å²) in [6.07, 6.45) is 3.13. The van der Waals surface area contributed by atoms with Crippen LogP contribution in [0.3, 0.4) is 0 Å². The molecule has 0 bridgehead atoms. The molecule has 3 aromatic heterocycles. The van der Waals surface area contributed by atoms with Gasteiger partial charge in [0.2, 0.25) is 0 Å². The van der Waals surface area contributed by atoms with Gasteiger partial charge in [0.05, 0.1) is 17.0 Å². The van der Waals surface area contributed by atoms with Gasteiger partial charge in [-0.25, -0.2) is 0 Å². The van der Waals surface area contributed by atoms with Crippen molar-refractivity contribution in [3.63, 3.8) is 0 Å². The predicted octanol–water partition coefficient (Wildman–Crippen LogP) is 3.58. The molecular formula is C14H15N3O2S.